The molecule has 2 aromatic rings. The molecule has 25 heavy (non-hydrogen) atoms. The van der Waals surface area contributed by atoms with Gasteiger partial charge in [0.2, 0.25) is 5.95 Å². The Morgan fingerprint density at radius 1 is 1.32 bits per heavy atom. The molecule has 1 atom stereocenters. The van der Waals surface area contributed by atoms with Crippen LogP contribution in [0.3, 0.4) is 0 Å². The first-order chi connectivity index (χ1) is 12.1. The summed E-state index contributed by atoms with van der Waals surface area (Å²) in [5.41, 5.74) is 2.70. The lowest BCUT2D eigenvalue weighted by molar-refractivity contribution is 0.0626. The molecule has 1 aliphatic heterocycles. The first-order valence-electron chi connectivity index (χ1n) is 8.70. The van der Waals surface area contributed by atoms with Crippen LogP contribution >= 0.6 is 0 Å². The van der Waals surface area contributed by atoms with E-state index in [9.17, 15) is 4.79 Å². The van der Waals surface area contributed by atoms with Gasteiger partial charge >= 0.3 is 0 Å². The van der Waals surface area contributed by atoms with Crippen LogP contribution in [0.4, 0.5) is 5.95 Å². The third-order valence-corrected chi connectivity index (χ3v) is 5.28. The van der Waals surface area contributed by atoms with Crippen LogP contribution in [0, 0.1) is 0 Å². The lowest BCUT2D eigenvalue weighted by Gasteiger charge is -2.40. The zero-order chi connectivity index (χ0) is 17.4. The predicted octanol–water partition coefficient (Wildman–Crippen LogP) is 1.45. The molecule has 2 aliphatic rings. The number of hydrogen-bond acceptors (Lipinski definition) is 6. The predicted molar refractivity (Wildman–Crippen MR) is 93.5 cm³/mol. The fourth-order valence-corrected chi connectivity index (χ4v) is 4.03. The van der Waals surface area contributed by atoms with Crippen molar-refractivity contribution in [1.82, 2.24) is 25.1 Å². The van der Waals surface area contributed by atoms with E-state index >= 15 is 0 Å². The molecule has 0 aromatic carbocycles. The molecule has 1 amide bonds. The van der Waals surface area contributed by atoms with Crippen LogP contribution in [0.1, 0.15) is 41.0 Å². The van der Waals surface area contributed by atoms with Crippen molar-refractivity contribution >= 4 is 11.9 Å². The van der Waals surface area contributed by atoms with Gasteiger partial charge in [0.1, 0.15) is 0 Å². The Balaban J connectivity index is 1.64. The van der Waals surface area contributed by atoms with E-state index in [4.69, 9.17) is 4.98 Å². The van der Waals surface area contributed by atoms with Crippen LogP contribution in [-0.4, -0.2) is 58.2 Å². The minimum atomic E-state index is -0.0564. The lowest BCUT2D eigenvalue weighted by Crippen LogP contribution is -2.48. The minimum Gasteiger partial charge on any atom is -0.347 e. The van der Waals surface area contributed by atoms with Crippen LogP contribution in [0.25, 0.3) is 0 Å². The van der Waals surface area contributed by atoms with Crippen molar-refractivity contribution in [2.45, 2.75) is 31.1 Å². The average Bonchev–Trinajstić information content (AvgIpc) is 2.99. The molecule has 0 saturated carbocycles. The second-order valence-corrected chi connectivity index (χ2v) is 7.16. The van der Waals surface area contributed by atoms with Gasteiger partial charge in [0, 0.05) is 45.0 Å². The van der Waals surface area contributed by atoms with Gasteiger partial charge < -0.3 is 9.80 Å². The molecule has 1 fully saturated rings. The number of piperidine rings is 1. The largest absolute Gasteiger partial charge is 0.347 e. The van der Waals surface area contributed by atoms with E-state index < -0.39 is 0 Å². The zero-order valence-corrected chi connectivity index (χ0v) is 14.6. The first kappa shape index (κ1) is 15.9. The number of hydrogen-bond donors (Lipinski definition) is 0. The van der Waals surface area contributed by atoms with Crippen molar-refractivity contribution in [3.05, 3.63) is 41.5 Å². The SMILES string of the molecule is CN(C)c1ncc2c(n1)C1(CCCN(C(=O)c3cccnn3)C1)CC2. The second-order valence-electron chi connectivity index (χ2n) is 7.16. The third-order valence-electron chi connectivity index (χ3n) is 5.28. The van der Waals surface area contributed by atoms with Crippen LogP contribution in [0.5, 0.6) is 0 Å². The molecule has 1 spiro atoms. The highest BCUT2D eigenvalue weighted by molar-refractivity contribution is 5.92. The summed E-state index contributed by atoms with van der Waals surface area (Å²) in [5.74, 6) is 0.694. The summed E-state index contributed by atoms with van der Waals surface area (Å²) in [6.07, 6.45) is 7.59. The lowest BCUT2D eigenvalue weighted by atomic mass is 9.77. The fraction of sp³-hybridized carbons (Fsp3) is 0.500. The first-order valence-corrected chi connectivity index (χ1v) is 8.70. The van der Waals surface area contributed by atoms with Crippen LogP contribution in [0.15, 0.2) is 24.5 Å². The number of likely N-dealkylation sites (tertiary alicyclic amines) is 1. The van der Waals surface area contributed by atoms with Gasteiger partial charge in [-0.15, -0.1) is 5.10 Å². The van der Waals surface area contributed by atoms with Crippen molar-refractivity contribution in [3.63, 3.8) is 0 Å². The summed E-state index contributed by atoms with van der Waals surface area (Å²) in [6.45, 7) is 1.46. The number of rotatable bonds is 2. The summed E-state index contributed by atoms with van der Waals surface area (Å²) >= 11 is 0. The molecule has 0 bridgehead atoms. The molecule has 2 aromatic heterocycles. The van der Waals surface area contributed by atoms with E-state index in [1.54, 1.807) is 18.3 Å². The van der Waals surface area contributed by atoms with Crippen molar-refractivity contribution in [1.29, 1.82) is 0 Å². The van der Waals surface area contributed by atoms with E-state index in [1.807, 2.05) is 30.1 Å². The van der Waals surface area contributed by atoms with Gasteiger partial charge in [-0.2, -0.15) is 5.10 Å². The quantitative estimate of drug-likeness (QED) is 0.825. The van der Waals surface area contributed by atoms with Crippen molar-refractivity contribution in [2.75, 3.05) is 32.1 Å². The minimum absolute atomic E-state index is 0.0393. The third kappa shape index (κ3) is 2.73. The number of nitrogens with zero attached hydrogens (tertiary/aromatic N) is 6. The molecule has 3 heterocycles. The van der Waals surface area contributed by atoms with Gasteiger partial charge in [0.25, 0.3) is 5.91 Å². The smallest absolute Gasteiger partial charge is 0.274 e. The highest BCUT2D eigenvalue weighted by Crippen LogP contribution is 2.44. The van der Waals surface area contributed by atoms with Gasteiger partial charge in [-0.1, -0.05) is 0 Å². The average molecular weight is 338 g/mol. The number of aryl methyl sites for hydroxylation is 1. The summed E-state index contributed by atoms with van der Waals surface area (Å²) in [5, 5.41) is 7.81. The van der Waals surface area contributed by atoms with Crippen LogP contribution in [0.2, 0.25) is 0 Å². The molecule has 1 unspecified atom stereocenters. The van der Waals surface area contributed by atoms with Gasteiger partial charge in [0.05, 0.1) is 5.69 Å². The Labute approximate surface area is 147 Å². The summed E-state index contributed by atoms with van der Waals surface area (Å²) in [4.78, 5) is 25.9. The maximum absolute atomic E-state index is 12.8. The standard InChI is InChI=1S/C18H22N6O/c1-23(2)17-19-11-13-6-8-18(15(13)21-17)7-4-10-24(12-18)16(25)14-5-3-9-20-22-14/h3,5,9,11H,4,6-8,10,12H2,1-2H3. The van der Waals surface area contributed by atoms with Crippen molar-refractivity contribution < 1.29 is 4.79 Å². The molecule has 7 heteroatoms. The maximum atomic E-state index is 12.8. The normalized spacial score (nSPS) is 22.1. The molecule has 0 radical (unpaired) electrons. The molecular formula is C18H22N6O. The summed E-state index contributed by atoms with van der Waals surface area (Å²) in [6, 6.07) is 3.48. The number of fused-ring (bicyclic) bond motifs is 2. The van der Waals surface area contributed by atoms with Gasteiger partial charge in [0.15, 0.2) is 5.69 Å². The van der Waals surface area contributed by atoms with Crippen molar-refractivity contribution in [3.8, 4) is 0 Å². The van der Waals surface area contributed by atoms with Crippen LogP contribution in [-0.2, 0) is 11.8 Å². The monoisotopic (exact) mass is 338 g/mol. The topological polar surface area (TPSA) is 75.1 Å². The number of anilines is 1. The fourth-order valence-electron chi connectivity index (χ4n) is 4.03. The molecule has 1 aliphatic carbocycles. The van der Waals surface area contributed by atoms with Crippen LogP contribution < -0.4 is 4.90 Å². The summed E-state index contributed by atoms with van der Waals surface area (Å²) < 4.78 is 0. The van der Waals surface area contributed by atoms with Gasteiger partial charge in [-0.25, -0.2) is 9.97 Å². The van der Waals surface area contributed by atoms with E-state index in [1.165, 1.54) is 5.56 Å². The number of carbonyl (C=O) groups excluding carboxylic acids is 1. The number of carbonyl (C=O) groups is 1. The molecule has 7 nitrogen and oxygen atoms in total. The molecule has 4 rings (SSSR count). The van der Waals surface area contributed by atoms with E-state index in [0.717, 1.165) is 43.9 Å². The molecule has 130 valence electrons. The molecule has 0 N–H and O–H groups in total. The second kappa shape index (κ2) is 6.06. The Morgan fingerprint density at radius 3 is 2.96 bits per heavy atom. The molecular weight excluding hydrogens is 316 g/mol. The highest BCUT2D eigenvalue weighted by Gasteiger charge is 2.45. The Morgan fingerprint density at radius 2 is 2.20 bits per heavy atom. The Bertz CT molecular complexity index is 789. The Kier molecular flexibility index (Phi) is 3.86. The van der Waals surface area contributed by atoms with E-state index in [2.05, 4.69) is 15.2 Å². The van der Waals surface area contributed by atoms with Gasteiger partial charge in [-0.05, 0) is 43.4 Å². The van der Waals surface area contributed by atoms with E-state index in [0.29, 0.717) is 12.2 Å². The van der Waals surface area contributed by atoms with E-state index in [-0.39, 0.29) is 11.3 Å². The number of amides is 1. The maximum Gasteiger partial charge on any atom is 0.274 e. The van der Waals surface area contributed by atoms with Crippen molar-refractivity contribution in [2.24, 2.45) is 0 Å². The van der Waals surface area contributed by atoms with Gasteiger partial charge in [-0.3, -0.25) is 4.79 Å². The Hall–Kier alpha value is -2.57. The molecule has 1 saturated heterocycles. The highest BCUT2D eigenvalue weighted by atomic mass is 16.2. The summed E-state index contributed by atoms with van der Waals surface area (Å²) in [7, 11) is 3.91. The number of aromatic nitrogens is 4. The zero-order valence-electron chi connectivity index (χ0n) is 14.6.